The average Bonchev–Trinajstić information content (AvgIpc) is 3.10. The number of furan rings is 1. The second-order valence-electron chi connectivity index (χ2n) is 9.27. The molecule has 1 heterocycles. The average molecular weight is 314 g/mol. The van der Waals surface area contributed by atoms with Crippen LogP contribution in [0.4, 0.5) is 0 Å². The normalized spacial score (nSPS) is 47.7. The van der Waals surface area contributed by atoms with Crippen molar-refractivity contribution in [2.24, 2.45) is 28.6 Å². The van der Waals surface area contributed by atoms with Gasteiger partial charge in [-0.3, -0.25) is 0 Å². The fourth-order valence-corrected chi connectivity index (χ4v) is 7.70. The Morgan fingerprint density at radius 1 is 1.22 bits per heavy atom. The van der Waals surface area contributed by atoms with Crippen LogP contribution in [-0.4, -0.2) is 13.7 Å². The Morgan fingerprint density at radius 3 is 3.00 bits per heavy atom. The molecule has 0 N–H and O–H groups in total. The van der Waals surface area contributed by atoms with E-state index in [0.717, 1.165) is 36.7 Å². The Labute approximate surface area is 140 Å². The lowest BCUT2D eigenvalue weighted by molar-refractivity contribution is -0.0694. The van der Waals surface area contributed by atoms with E-state index in [4.69, 9.17) is 9.15 Å². The number of rotatable bonds is 2. The minimum absolute atomic E-state index is 0.502. The van der Waals surface area contributed by atoms with Gasteiger partial charge in [-0.15, -0.1) is 0 Å². The summed E-state index contributed by atoms with van der Waals surface area (Å²) in [5, 5.41) is 0. The van der Waals surface area contributed by atoms with Crippen molar-refractivity contribution in [1.29, 1.82) is 0 Å². The number of methoxy groups -OCH3 is 1. The Balaban J connectivity index is 1.51. The van der Waals surface area contributed by atoms with Crippen molar-refractivity contribution in [3.05, 3.63) is 23.7 Å². The van der Waals surface area contributed by atoms with Crippen LogP contribution in [0.25, 0.3) is 0 Å². The highest BCUT2D eigenvalue weighted by atomic mass is 16.5. The maximum absolute atomic E-state index is 5.78. The van der Waals surface area contributed by atoms with Gasteiger partial charge < -0.3 is 9.15 Å². The summed E-state index contributed by atoms with van der Waals surface area (Å²) < 4.78 is 11.3. The summed E-state index contributed by atoms with van der Waals surface area (Å²) in [4.78, 5) is 0. The minimum atomic E-state index is 0.502. The molecule has 6 unspecified atom stereocenters. The number of hydrogen-bond donors (Lipinski definition) is 0. The predicted molar refractivity (Wildman–Crippen MR) is 90.4 cm³/mol. The highest BCUT2D eigenvalue weighted by Gasteiger charge is 2.62. The van der Waals surface area contributed by atoms with E-state index in [2.05, 4.69) is 13.0 Å². The van der Waals surface area contributed by atoms with E-state index < -0.39 is 0 Å². The van der Waals surface area contributed by atoms with E-state index in [-0.39, 0.29) is 0 Å². The number of hydrogen-bond acceptors (Lipinski definition) is 2. The second-order valence-corrected chi connectivity index (χ2v) is 9.27. The van der Waals surface area contributed by atoms with Crippen LogP contribution in [0.5, 0.6) is 0 Å². The number of aryl methyl sites for hydroxylation is 1. The van der Waals surface area contributed by atoms with Gasteiger partial charge in [-0.1, -0.05) is 6.92 Å². The first-order valence-corrected chi connectivity index (χ1v) is 9.71. The van der Waals surface area contributed by atoms with Gasteiger partial charge in [0.15, 0.2) is 0 Å². The molecule has 1 aromatic heterocycles. The van der Waals surface area contributed by atoms with E-state index in [1.807, 2.05) is 13.4 Å². The smallest absolute Gasteiger partial charge is 0.107 e. The molecule has 3 saturated carbocycles. The second kappa shape index (κ2) is 4.88. The summed E-state index contributed by atoms with van der Waals surface area (Å²) in [5.41, 5.74) is 2.70. The molecule has 0 aromatic carbocycles. The Kier molecular flexibility index (Phi) is 3.09. The first-order valence-electron chi connectivity index (χ1n) is 9.71. The van der Waals surface area contributed by atoms with Gasteiger partial charge in [0.25, 0.3) is 0 Å². The first-order chi connectivity index (χ1) is 11.2. The molecule has 5 rings (SSSR count). The standard InChI is InChI=1S/C21H30O2/c1-20-8-6-18-16(7-10-23-18)17(20)5-9-21-11-14(3-4-19(20)21)15(12-21)13-22-2/h7,10,14-15,17,19H,3-6,8-9,11-13H2,1-2H3. The molecule has 0 aliphatic heterocycles. The summed E-state index contributed by atoms with van der Waals surface area (Å²) in [7, 11) is 1.89. The number of fused-ring (bicyclic) bond motifs is 5. The summed E-state index contributed by atoms with van der Waals surface area (Å²) in [6.07, 6.45) is 13.1. The Bertz CT molecular complexity index is 605. The molecule has 0 radical (unpaired) electrons. The molecule has 0 saturated heterocycles. The zero-order valence-corrected chi connectivity index (χ0v) is 14.6. The molecule has 1 spiro atoms. The lowest BCUT2D eigenvalue weighted by Gasteiger charge is -2.59. The van der Waals surface area contributed by atoms with Crippen LogP contribution < -0.4 is 0 Å². The van der Waals surface area contributed by atoms with Crippen molar-refractivity contribution in [3.63, 3.8) is 0 Å². The lowest BCUT2D eigenvalue weighted by atomic mass is 9.45. The molecule has 126 valence electrons. The van der Waals surface area contributed by atoms with Gasteiger partial charge in [-0.25, -0.2) is 0 Å². The van der Waals surface area contributed by atoms with Crippen molar-refractivity contribution >= 4 is 0 Å². The van der Waals surface area contributed by atoms with E-state index >= 15 is 0 Å². The molecule has 2 bridgehead atoms. The third kappa shape index (κ3) is 1.85. The molecular weight excluding hydrogens is 284 g/mol. The molecule has 2 nitrogen and oxygen atoms in total. The van der Waals surface area contributed by atoms with Crippen LogP contribution in [0, 0.1) is 28.6 Å². The van der Waals surface area contributed by atoms with Gasteiger partial charge in [-0.05, 0) is 91.1 Å². The molecule has 0 amide bonds. The Hall–Kier alpha value is -0.760. The Morgan fingerprint density at radius 2 is 2.13 bits per heavy atom. The largest absolute Gasteiger partial charge is 0.469 e. The molecular formula is C21H30O2. The maximum atomic E-state index is 5.78. The summed E-state index contributed by atoms with van der Waals surface area (Å²) in [6.45, 7) is 3.62. The quantitative estimate of drug-likeness (QED) is 0.750. The molecule has 2 heteroatoms. The summed E-state index contributed by atoms with van der Waals surface area (Å²) in [6, 6.07) is 2.28. The summed E-state index contributed by atoms with van der Waals surface area (Å²) >= 11 is 0. The van der Waals surface area contributed by atoms with Crippen molar-refractivity contribution < 1.29 is 9.15 Å². The molecule has 4 aliphatic rings. The minimum Gasteiger partial charge on any atom is -0.469 e. The van der Waals surface area contributed by atoms with E-state index in [0.29, 0.717) is 10.8 Å². The van der Waals surface area contributed by atoms with Crippen LogP contribution in [0.1, 0.15) is 69.1 Å². The van der Waals surface area contributed by atoms with Crippen molar-refractivity contribution in [2.75, 3.05) is 13.7 Å². The SMILES string of the molecule is COCC1CC23CCC4c5ccoc5CCC4(C)C2CCC1C3. The van der Waals surface area contributed by atoms with Crippen molar-refractivity contribution in [3.8, 4) is 0 Å². The number of ether oxygens (including phenoxy) is 1. The first kappa shape index (κ1) is 14.6. The van der Waals surface area contributed by atoms with Crippen LogP contribution in [0.15, 0.2) is 16.7 Å². The van der Waals surface area contributed by atoms with Gasteiger partial charge in [0.2, 0.25) is 0 Å². The molecule has 6 atom stereocenters. The van der Waals surface area contributed by atoms with E-state index in [1.54, 1.807) is 5.56 Å². The van der Waals surface area contributed by atoms with Gasteiger partial charge in [0.05, 0.1) is 6.26 Å². The molecule has 1 aromatic rings. The zero-order chi connectivity index (χ0) is 15.7. The zero-order valence-electron chi connectivity index (χ0n) is 14.6. The van der Waals surface area contributed by atoms with Crippen LogP contribution >= 0.6 is 0 Å². The highest BCUT2D eigenvalue weighted by Crippen LogP contribution is 2.71. The lowest BCUT2D eigenvalue weighted by Crippen LogP contribution is -2.50. The van der Waals surface area contributed by atoms with Crippen LogP contribution in [-0.2, 0) is 11.2 Å². The maximum Gasteiger partial charge on any atom is 0.107 e. The molecule has 3 fully saturated rings. The third-order valence-electron chi connectivity index (χ3n) is 8.52. The monoisotopic (exact) mass is 314 g/mol. The van der Waals surface area contributed by atoms with Gasteiger partial charge in [-0.2, -0.15) is 0 Å². The van der Waals surface area contributed by atoms with Crippen molar-refractivity contribution in [2.45, 2.75) is 64.2 Å². The fourth-order valence-electron chi connectivity index (χ4n) is 7.70. The van der Waals surface area contributed by atoms with E-state index in [9.17, 15) is 0 Å². The van der Waals surface area contributed by atoms with Gasteiger partial charge in [0, 0.05) is 20.1 Å². The fraction of sp³-hybridized carbons (Fsp3) is 0.810. The van der Waals surface area contributed by atoms with E-state index in [1.165, 1.54) is 50.7 Å². The molecule has 4 aliphatic carbocycles. The van der Waals surface area contributed by atoms with Gasteiger partial charge >= 0.3 is 0 Å². The third-order valence-corrected chi connectivity index (χ3v) is 8.52. The topological polar surface area (TPSA) is 22.4 Å². The predicted octanol–water partition coefficient (Wildman–Crippen LogP) is 5.18. The summed E-state index contributed by atoms with van der Waals surface area (Å²) in [5.74, 6) is 4.74. The molecule has 23 heavy (non-hydrogen) atoms. The van der Waals surface area contributed by atoms with Crippen LogP contribution in [0.3, 0.4) is 0 Å². The van der Waals surface area contributed by atoms with Crippen LogP contribution in [0.2, 0.25) is 0 Å². The highest BCUT2D eigenvalue weighted by molar-refractivity contribution is 5.31. The van der Waals surface area contributed by atoms with Gasteiger partial charge in [0.1, 0.15) is 5.76 Å². The van der Waals surface area contributed by atoms with Crippen molar-refractivity contribution in [1.82, 2.24) is 0 Å².